The average molecular weight is 260 g/mol. The number of pyridine rings is 1. The molecule has 100 valence electrons. The van der Waals surface area contributed by atoms with Gasteiger partial charge in [0.2, 0.25) is 0 Å². The number of hydrogen-bond acceptors (Lipinski definition) is 3. The highest BCUT2D eigenvalue weighted by molar-refractivity contribution is 5.93. The first-order chi connectivity index (χ1) is 9.16. The van der Waals surface area contributed by atoms with E-state index >= 15 is 0 Å². The van der Waals surface area contributed by atoms with Gasteiger partial charge in [0.25, 0.3) is 5.91 Å². The number of imidazole rings is 1. The second kappa shape index (κ2) is 5.99. The summed E-state index contributed by atoms with van der Waals surface area (Å²) in [7, 11) is 0. The third-order valence-corrected chi connectivity index (χ3v) is 2.74. The fraction of sp³-hybridized carbons (Fsp3) is 0.308. The number of H-pyrrole nitrogens is 1. The Balaban J connectivity index is 1.82. The van der Waals surface area contributed by atoms with Crippen molar-refractivity contribution in [2.75, 3.05) is 6.54 Å². The number of nitrogens with zero attached hydrogens (tertiary/aromatic N) is 2. The SMILES string of the molecule is Cc1cc(=O)c(C(=O)NCCCn2ccnc2)c[nH]1. The van der Waals surface area contributed by atoms with E-state index in [1.165, 1.54) is 12.3 Å². The van der Waals surface area contributed by atoms with Gasteiger partial charge in [-0.15, -0.1) is 0 Å². The first-order valence-corrected chi connectivity index (χ1v) is 6.10. The zero-order valence-electron chi connectivity index (χ0n) is 10.7. The maximum absolute atomic E-state index is 11.8. The first kappa shape index (κ1) is 13.1. The second-order valence-corrected chi connectivity index (χ2v) is 4.30. The van der Waals surface area contributed by atoms with Crippen LogP contribution in [0, 0.1) is 6.92 Å². The molecule has 0 unspecified atom stereocenters. The minimum Gasteiger partial charge on any atom is -0.364 e. The van der Waals surface area contributed by atoms with E-state index in [2.05, 4.69) is 15.3 Å². The molecule has 0 spiro atoms. The third kappa shape index (κ3) is 3.54. The van der Waals surface area contributed by atoms with E-state index in [-0.39, 0.29) is 16.9 Å². The molecule has 0 fully saturated rings. The Morgan fingerprint density at radius 2 is 2.37 bits per heavy atom. The van der Waals surface area contributed by atoms with E-state index in [9.17, 15) is 9.59 Å². The number of carbonyl (C=O) groups excluding carboxylic acids is 1. The molecule has 2 heterocycles. The maximum Gasteiger partial charge on any atom is 0.256 e. The van der Waals surface area contributed by atoms with Crippen LogP contribution in [0.15, 0.2) is 35.8 Å². The highest BCUT2D eigenvalue weighted by Crippen LogP contribution is 1.93. The largest absolute Gasteiger partial charge is 0.364 e. The molecule has 0 bridgehead atoms. The van der Waals surface area contributed by atoms with Crippen molar-refractivity contribution in [3.63, 3.8) is 0 Å². The van der Waals surface area contributed by atoms with Crippen molar-refractivity contribution in [3.05, 3.63) is 52.5 Å². The van der Waals surface area contributed by atoms with Gasteiger partial charge in [-0.05, 0) is 13.3 Å². The molecule has 1 amide bonds. The Morgan fingerprint density at radius 1 is 1.53 bits per heavy atom. The monoisotopic (exact) mass is 260 g/mol. The van der Waals surface area contributed by atoms with Crippen molar-refractivity contribution in [1.82, 2.24) is 19.9 Å². The molecule has 0 atom stereocenters. The zero-order valence-corrected chi connectivity index (χ0v) is 10.7. The lowest BCUT2D eigenvalue weighted by Gasteiger charge is -2.05. The Kier molecular flexibility index (Phi) is 4.12. The fourth-order valence-electron chi connectivity index (χ4n) is 1.73. The third-order valence-electron chi connectivity index (χ3n) is 2.74. The summed E-state index contributed by atoms with van der Waals surface area (Å²) in [5.41, 5.74) is 0.623. The van der Waals surface area contributed by atoms with E-state index in [4.69, 9.17) is 0 Å². The van der Waals surface area contributed by atoms with Crippen LogP contribution in [0.4, 0.5) is 0 Å². The molecule has 19 heavy (non-hydrogen) atoms. The summed E-state index contributed by atoms with van der Waals surface area (Å²) in [5.74, 6) is -0.341. The molecule has 0 aliphatic heterocycles. The van der Waals surface area contributed by atoms with Gasteiger partial charge in [0.05, 0.1) is 6.33 Å². The van der Waals surface area contributed by atoms with Gasteiger partial charge in [0, 0.05) is 43.4 Å². The molecule has 2 rings (SSSR count). The summed E-state index contributed by atoms with van der Waals surface area (Å²) in [6, 6.07) is 1.42. The molecule has 2 N–H and O–H groups in total. The predicted octanol–water partition coefficient (Wildman–Crippen LogP) is 0.700. The number of amides is 1. The van der Waals surface area contributed by atoms with Crippen LogP contribution in [-0.4, -0.2) is 27.0 Å². The minimum absolute atomic E-state index is 0.147. The highest BCUT2D eigenvalue weighted by Gasteiger charge is 2.09. The van der Waals surface area contributed by atoms with Gasteiger partial charge in [-0.3, -0.25) is 9.59 Å². The lowest BCUT2D eigenvalue weighted by atomic mass is 10.2. The van der Waals surface area contributed by atoms with Crippen molar-refractivity contribution in [3.8, 4) is 0 Å². The Hall–Kier alpha value is -2.37. The number of nitrogens with one attached hydrogen (secondary N) is 2. The fourth-order valence-corrected chi connectivity index (χ4v) is 1.73. The topological polar surface area (TPSA) is 79.8 Å². The molecule has 6 nitrogen and oxygen atoms in total. The van der Waals surface area contributed by atoms with E-state index in [1.54, 1.807) is 19.4 Å². The van der Waals surface area contributed by atoms with E-state index in [0.29, 0.717) is 6.54 Å². The van der Waals surface area contributed by atoms with Gasteiger partial charge >= 0.3 is 0 Å². The zero-order chi connectivity index (χ0) is 13.7. The summed E-state index contributed by atoms with van der Waals surface area (Å²) < 4.78 is 1.94. The molecule has 0 saturated heterocycles. The van der Waals surface area contributed by atoms with Crippen LogP contribution < -0.4 is 10.7 Å². The molecule has 0 radical (unpaired) electrons. The van der Waals surface area contributed by atoms with Crippen LogP contribution in [0.3, 0.4) is 0 Å². The van der Waals surface area contributed by atoms with Crippen LogP contribution in [-0.2, 0) is 6.54 Å². The van der Waals surface area contributed by atoms with Crippen molar-refractivity contribution >= 4 is 5.91 Å². The summed E-state index contributed by atoms with van der Waals surface area (Å²) in [4.78, 5) is 30.2. The van der Waals surface area contributed by atoms with E-state index < -0.39 is 0 Å². The van der Waals surface area contributed by atoms with E-state index in [0.717, 1.165) is 18.7 Å². The smallest absolute Gasteiger partial charge is 0.256 e. The van der Waals surface area contributed by atoms with Crippen molar-refractivity contribution in [2.24, 2.45) is 0 Å². The quantitative estimate of drug-likeness (QED) is 0.777. The van der Waals surface area contributed by atoms with Crippen LogP contribution >= 0.6 is 0 Å². The summed E-state index contributed by atoms with van der Waals surface area (Å²) >= 11 is 0. The van der Waals surface area contributed by atoms with Gasteiger partial charge in [-0.2, -0.15) is 0 Å². The number of aromatic amines is 1. The summed E-state index contributed by atoms with van der Waals surface area (Å²) in [6.45, 7) is 3.07. The highest BCUT2D eigenvalue weighted by atomic mass is 16.2. The molecule has 2 aromatic heterocycles. The molecule has 0 aliphatic rings. The van der Waals surface area contributed by atoms with Crippen LogP contribution in [0.5, 0.6) is 0 Å². The lowest BCUT2D eigenvalue weighted by molar-refractivity contribution is 0.0951. The summed E-state index contributed by atoms with van der Waals surface area (Å²) in [5, 5.41) is 2.73. The normalized spacial score (nSPS) is 10.4. The van der Waals surface area contributed by atoms with Crippen molar-refractivity contribution in [2.45, 2.75) is 19.9 Å². The Bertz CT molecular complexity index is 601. The van der Waals surface area contributed by atoms with Gasteiger partial charge in [0.15, 0.2) is 5.43 Å². The van der Waals surface area contributed by atoms with Gasteiger partial charge in [-0.25, -0.2) is 4.98 Å². The number of aryl methyl sites for hydroxylation is 2. The van der Waals surface area contributed by atoms with Crippen LogP contribution in [0.2, 0.25) is 0 Å². The Morgan fingerprint density at radius 3 is 3.05 bits per heavy atom. The van der Waals surface area contributed by atoms with Gasteiger partial charge in [0.1, 0.15) is 5.56 Å². The molecule has 0 aromatic carbocycles. The van der Waals surface area contributed by atoms with Crippen LogP contribution in [0.25, 0.3) is 0 Å². The van der Waals surface area contributed by atoms with Crippen molar-refractivity contribution < 1.29 is 4.79 Å². The maximum atomic E-state index is 11.8. The van der Waals surface area contributed by atoms with E-state index in [1.807, 2.05) is 10.8 Å². The molecule has 0 saturated carbocycles. The van der Waals surface area contributed by atoms with Crippen LogP contribution in [0.1, 0.15) is 22.5 Å². The minimum atomic E-state index is -0.341. The molecular weight excluding hydrogens is 244 g/mol. The molecule has 6 heteroatoms. The lowest BCUT2D eigenvalue weighted by Crippen LogP contribution is -2.29. The average Bonchev–Trinajstić information content (AvgIpc) is 2.87. The number of rotatable bonds is 5. The predicted molar refractivity (Wildman–Crippen MR) is 71.0 cm³/mol. The van der Waals surface area contributed by atoms with Gasteiger partial charge in [-0.1, -0.05) is 0 Å². The first-order valence-electron chi connectivity index (χ1n) is 6.10. The standard InChI is InChI=1S/C13H16N4O2/c1-10-7-12(18)11(8-16-10)13(19)15-3-2-5-17-6-4-14-9-17/h4,6-9H,2-3,5H2,1H3,(H,15,19)(H,16,18). The molecule has 0 aliphatic carbocycles. The summed E-state index contributed by atoms with van der Waals surface area (Å²) in [6.07, 6.45) is 7.54. The van der Waals surface area contributed by atoms with Crippen molar-refractivity contribution in [1.29, 1.82) is 0 Å². The number of hydrogen-bond donors (Lipinski definition) is 2. The number of aromatic nitrogens is 3. The molecule has 2 aromatic rings. The number of carbonyl (C=O) groups is 1. The molecular formula is C13H16N4O2. The Labute approximate surface area is 110 Å². The van der Waals surface area contributed by atoms with Gasteiger partial charge < -0.3 is 14.9 Å². The second-order valence-electron chi connectivity index (χ2n) is 4.30.